The summed E-state index contributed by atoms with van der Waals surface area (Å²) < 4.78 is 0. The lowest BCUT2D eigenvalue weighted by Crippen LogP contribution is -2.49. The number of amides is 3. The van der Waals surface area contributed by atoms with E-state index in [1.54, 1.807) is 0 Å². The van der Waals surface area contributed by atoms with Gasteiger partial charge in [0.25, 0.3) is 0 Å². The molecule has 2 aromatic carbocycles. The predicted octanol–water partition coefficient (Wildman–Crippen LogP) is 3.99. The summed E-state index contributed by atoms with van der Waals surface area (Å²) in [5.41, 5.74) is 3.69. The van der Waals surface area contributed by atoms with E-state index in [2.05, 4.69) is 28.2 Å². The lowest BCUT2D eigenvalue weighted by Gasteiger charge is -2.31. The fourth-order valence-corrected chi connectivity index (χ4v) is 3.98. The fourth-order valence-electron chi connectivity index (χ4n) is 3.98. The van der Waals surface area contributed by atoms with E-state index in [1.165, 1.54) is 0 Å². The summed E-state index contributed by atoms with van der Waals surface area (Å²) in [4.78, 5) is 29.4. The van der Waals surface area contributed by atoms with Crippen molar-refractivity contribution in [2.24, 2.45) is 0 Å². The summed E-state index contributed by atoms with van der Waals surface area (Å²) in [6.07, 6.45) is 0.838. The third-order valence-corrected chi connectivity index (χ3v) is 6.07. The molecule has 2 aromatic rings. The van der Waals surface area contributed by atoms with Crippen LogP contribution in [0.5, 0.6) is 0 Å². The lowest BCUT2D eigenvalue weighted by molar-refractivity contribution is -0.122. The van der Waals surface area contributed by atoms with Crippen molar-refractivity contribution in [2.75, 3.05) is 32.7 Å². The van der Waals surface area contributed by atoms with Crippen molar-refractivity contribution in [3.05, 3.63) is 77.9 Å². The Kier molecular flexibility index (Phi) is 8.28. The second-order valence-electron chi connectivity index (χ2n) is 9.30. The van der Waals surface area contributed by atoms with E-state index in [1.807, 2.05) is 74.2 Å². The van der Waals surface area contributed by atoms with Crippen molar-refractivity contribution in [3.63, 3.8) is 0 Å². The molecule has 0 saturated carbocycles. The first-order valence-corrected chi connectivity index (χ1v) is 11.6. The fraction of sp³-hybridized carbons (Fsp3) is 0.407. The van der Waals surface area contributed by atoms with Gasteiger partial charge >= 0.3 is 6.03 Å². The molecule has 0 bridgehead atoms. The second-order valence-corrected chi connectivity index (χ2v) is 9.30. The standard InChI is InChI=1S/C27H36N4O2/c1-21(2)23-12-8-13-24(18-23)27(3,4)29-26(33)31-15-9-14-30(16-17-31)20-25(32)28-19-22-10-6-5-7-11-22/h5-8,10-13,18H,1,9,14-17,19-20H2,2-4H3,(H,28,32)(H,29,33). The van der Waals surface area contributed by atoms with Gasteiger partial charge in [0.15, 0.2) is 0 Å². The molecule has 1 saturated heterocycles. The van der Waals surface area contributed by atoms with Gasteiger partial charge in [0.05, 0.1) is 12.1 Å². The molecular formula is C27H36N4O2. The van der Waals surface area contributed by atoms with E-state index < -0.39 is 5.54 Å². The molecule has 176 valence electrons. The summed E-state index contributed by atoms with van der Waals surface area (Å²) in [5, 5.41) is 6.17. The Bertz CT molecular complexity index is 971. The van der Waals surface area contributed by atoms with Gasteiger partial charge in [-0.25, -0.2) is 4.79 Å². The van der Waals surface area contributed by atoms with E-state index >= 15 is 0 Å². The zero-order valence-corrected chi connectivity index (χ0v) is 20.1. The van der Waals surface area contributed by atoms with Crippen LogP contribution < -0.4 is 10.6 Å². The molecule has 0 atom stereocenters. The van der Waals surface area contributed by atoms with Gasteiger partial charge in [0, 0.05) is 32.7 Å². The monoisotopic (exact) mass is 448 g/mol. The molecule has 6 heteroatoms. The number of rotatable bonds is 7. The van der Waals surface area contributed by atoms with Crippen molar-refractivity contribution >= 4 is 17.5 Å². The maximum Gasteiger partial charge on any atom is 0.318 e. The number of urea groups is 1. The molecule has 33 heavy (non-hydrogen) atoms. The van der Waals surface area contributed by atoms with Crippen LogP contribution >= 0.6 is 0 Å². The highest BCUT2D eigenvalue weighted by Crippen LogP contribution is 2.24. The van der Waals surface area contributed by atoms with Crippen LogP contribution in [0.25, 0.3) is 5.57 Å². The normalized spacial score (nSPS) is 14.9. The van der Waals surface area contributed by atoms with Gasteiger partial charge in [-0.1, -0.05) is 60.7 Å². The van der Waals surface area contributed by atoms with E-state index in [0.29, 0.717) is 32.7 Å². The highest BCUT2D eigenvalue weighted by Gasteiger charge is 2.27. The largest absolute Gasteiger partial charge is 0.351 e. The molecule has 0 spiro atoms. The number of benzene rings is 2. The van der Waals surface area contributed by atoms with E-state index in [4.69, 9.17) is 0 Å². The van der Waals surface area contributed by atoms with E-state index in [-0.39, 0.29) is 11.9 Å². The van der Waals surface area contributed by atoms with Gasteiger partial charge in [0.1, 0.15) is 0 Å². The van der Waals surface area contributed by atoms with Gasteiger partial charge in [-0.2, -0.15) is 0 Å². The number of nitrogens with zero attached hydrogens (tertiary/aromatic N) is 2. The molecule has 0 unspecified atom stereocenters. The van der Waals surface area contributed by atoms with Gasteiger partial charge in [0.2, 0.25) is 5.91 Å². The third-order valence-electron chi connectivity index (χ3n) is 6.07. The highest BCUT2D eigenvalue weighted by atomic mass is 16.2. The Labute approximate surface area is 197 Å². The van der Waals surface area contributed by atoms with Gasteiger partial charge in [-0.3, -0.25) is 9.69 Å². The first-order valence-electron chi connectivity index (χ1n) is 11.6. The second kappa shape index (κ2) is 11.1. The van der Waals surface area contributed by atoms with E-state index in [9.17, 15) is 9.59 Å². The molecular weight excluding hydrogens is 412 g/mol. The van der Waals surface area contributed by atoms with Gasteiger partial charge in [-0.05, 0) is 49.9 Å². The zero-order chi connectivity index (χ0) is 23.8. The first-order chi connectivity index (χ1) is 15.7. The summed E-state index contributed by atoms with van der Waals surface area (Å²) >= 11 is 0. The van der Waals surface area contributed by atoms with Crippen LogP contribution in [0.4, 0.5) is 4.79 Å². The number of nitrogens with one attached hydrogen (secondary N) is 2. The van der Waals surface area contributed by atoms with Crippen LogP contribution in [-0.4, -0.2) is 54.5 Å². The van der Waals surface area contributed by atoms with Crippen molar-refractivity contribution in [1.82, 2.24) is 20.4 Å². The summed E-state index contributed by atoms with van der Waals surface area (Å²) in [6.45, 7) is 13.7. The molecule has 6 nitrogen and oxygen atoms in total. The van der Waals surface area contributed by atoms with Crippen LogP contribution in [0.3, 0.4) is 0 Å². The van der Waals surface area contributed by atoms with Crippen molar-refractivity contribution < 1.29 is 9.59 Å². The topological polar surface area (TPSA) is 64.7 Å². The van der Waals surface area contributed by atoms with Gasteiger partial charge in [-0.15, -0.1) is 0 Å². The number of hydrogen-bond donors (Lipinski definition) is 2. The molecule has 0 radical (unpaired) electrons. The molecule has 3 amide bonds. The highest BCUT2D eigenvalue weighted by molar-refractivity contribution is 5.78. The average Bonchev–Trinajstić information content (AvgIpc) is 3.04. The van der Waals surface area contributed by atoms with Crippen LogP contribution in [0.15, 0.2) is 61.2 Å². The Hall–Kier alpha value is -3.12. The zero-order valence-electron chi connectivity index (χ0n) is 20.1. The minimum atomic E-state index is -0.508. The van der Waals surface area contributed by atoms with Crippen LogP contribution in [-0.2, 0) is 16.9 Å². The number of carbonyl (C=O) groups is 2. The molecule has 1 fully saturated rings. The number of carbonyl (C=O) groups excluding carboxylic acids is 2. The Morgan fingerprint density at radius 2 is 1.76 bits per heavy atom. The lowest BCUT2D eigenvalue weighted by atomic mass is 9.92. The van der Waals surface area contributed by atoms with E-state index in [0.717, 1.165) is 35.2 Å². The third kappa shape index (κ3) is 7.19. The molecule has 1 heterocycles. The smallest absolute Gasteiger partial charge is 0.318 e. The quantitative estimate of drug-likeness (QED) is 0.673. The predicted molar refractivity (Wildman–Crippen MR) is 134 cm³/mol. The Morgan fingerprint density at radius 1 is 1.00 bits per heavy atom. The molecule has 0 aromatic heterocycles. The molecule has 0 aliphatic carbocycles. The maximum absolute atomic E-state index is 13.0. The molecule has 1 aliphatic heterocycles. The average molecular weight is 449 g/mol. The van der Waals surface area contributed by atoms with Crippen molar-refractivity contribution in [3.8, 4) is 0 Å². The summed E-state index contributed by atoms with van der Waals surface area (Å²) in [7, 11) is 0. The maximum atomic E-state index is 13.0. The minimum absolute atomic E-state index is 0.00952. The summed E-state index contributed by atoms with van der Waals surface area (Å²) in [5.74, 6) is 0.00952. The molecule has 3 rings (SSSR count). The number of hydrogen-bond acceptors (Lipinski definition) is 3. The number of allylic oxidation sites excluding steroid dienone is 1. The van der Waals surface area contributed by atoms with Crippen molar-refractivity contribution in [1.29, 1.82) is 0 Å². The van der Waals surface area contributed by atoms with Crippen LogP contribution in [0, 0.1) is 0 Å². The Balaban J connectivity index is 1.50. The molecule has 1 aliphatic rings. The van der Waals surface area contributed by atoms with Crippen LogP contribution in [0.1, 0.15) is 43.9 Å². The first kappa shape index (κ1) is 24.5. The van der Waals surface area contributed by atoms with Crippen molar-refractivity contribution in [2.45, 2.75) is 39.3 Å². The van der Waals surface area contributed by atoms with Crippen LogP contribution in [0.2, 0.25) is 0 Å². The van der Waals surface area contributed by atoms with Gasteiger partial charge < -0.3 is 15.5 Å². The SMILES string of the molecule is C=C(C)c1cccc(C(C)(C)NC(=O)N2CCCN(CC(=O)NCc3ccccc3)CC2)c1. The molecule has 2 N–H and O–H groups in total. The minimum Gasteiger partial charge on any atom is -0.351 e. The Morgan fingerprint density at radius 3 is 2.48 bits per heavy atom. The summed E-state index contributed by atoms with van der Waals surface area (Å²) in [6, 6.07) is 18.0.